The Morgan fingerprint density at radius 3 is 2.77 bits per heavy atom. The Kier molecular flexibility index (Phi) is 4.20. The van der Waals surface area contributed by atoms with E-state index in [-0.39, 0.29) is 23.8 Å². The smallest absolute Gasteiger partial charge is 0.238 e. The molecule has 1 aliphatic heterocycles. The third-order valence-corrected chi connectivity index (χ3v) is 6.83. The number of anilines is 1. The lowest BCUT2D eigenvalue weighted by molar-refractivity contribution is -0.151. The van der Waals surface area contributed by atoms with E-state index in [1.54, 1.807) is 18.3 Å². The van der Waals surface area contributed by atoms with E-state index in [0.717, 1.165) is 36.2 Å². The van der Waals surface area contributed by atoms with Crippen molar-refractivity contribution in [2.45, 2.75) is 37.6 Å². The fourth-order valence-electron chi connectivity index (χ4n) is 4.75. The van der Waals surface area contributed by atoms with Gasteiger partial charge in [0.2, 0.25) is 11.8 Å². The summed E-state index contributed by atoms with van der Waals surface area (Å²) in [7, 11) is 1.69. The topological polar surface area (TPSA) is 109 Å². The van der Waals surface area contributed by atoms with E-state index in [2.05, 4.69) is 25.9 Å². The van der Waals surface area contributed by atoms with Crippen molar-refractivity contribution >= 4 is 28.7 Å². The van der Waals surface area contributed by atoms with Crippen LogP contribution in [0.25, 0.3) is 11.0 Å². The van der Waals surface area contributed by atoms with Crippen molar-refractivity contribution in [2.24, 2.45) is 5.41 Å². The molecule has 0 atom stereocenters. The van der Waals surface area contributed by atoms with Crippen LogP contribution in [0.4, 0.5) is 5.82 Å². The molecule has 1 saturated heterocycles. The number of rotatable bonds is 5. The Morgan fingerprint density at radius 1 is 1.27 bits per heavy atom. The van der Waals surface area contributed by atoms with E-state index in [1.807, 2.05) is 17.2 Å². The molecule has 5 rings (SSSR count). The molecule has 2 amide bonds. The van der Waals surface area contributed by atoms with Crippen LogP contribution in [0.1, 0.15) is 32.1 Å². The molecule has 9 heteroatoms. The number of nitriles is 1. The number of fused-ring (bicyclic) bond motifs is 1. The van der Waals surface area contributed by atoms with Gasteiger partial charge in [-0.25, -0.2) is 9.97 Å². The fraction of sp³-hybridized carbons (Fsp3) is 0.571. The van der Waals surface area contributed by atoms with E-state index in [1.165, 1.54) is 0 Å². The number of aromatic amines is 1. The second-order valence-electron chi connectivity index (χ2n) is 8.76. The maximum Gasteiger partial charge on any atom is 0.238 e. The van der Waals surface area contributed by atoms with E-state index >= 15 is 0 Å². The van der Waals surface area contributed by atoms with Gasteiger partial charge in [0.1, 0.15) is 23.2 Å². The summed E-state index contributed by atoms with van der Waals surface area (Å²) in [5, 5.41) is 9.78. The Hall–Kier alpha value is -3.15. The predicted octanol–water partition coefficient (Wildman–Crippen LogP) is 1.29. The summed E-state index contributed by atoms with van der Waals surface area (Å²) >= 11 is 0. The van der Waals surface area contributed by atoms with Crippen molar-refractivity contribution in [3.8, 4) is 6.07 Å². The molecule has 0 bridgehead atoms. The van der Waals surface area contributed by atoms with Gasteiger partial charge < -0.3 is 19.7 Å². The van der Waals surface area contributed by atoms with Crippen molar-refractivity contribution in [2.75, 3.05) is 38.1 Å². The first-order valence-corrected chi connectivity index (χ1v) is 10.5. The first-order valence-electron chi connectivity index (χ1n) is 10.5. The van der Waals surface area contributed by atoms with Gasteiger partial charge in [0.05, 0.1) is 23.4 Å². The van der Waals surface area contributed by atoms with Crippen molar-refractivity contribution in [1.29, 1.82) is 5.26 Å². The highest BCUT2D eigenvalue weighted by atomic mass is 16.2. The first kappa shape index (κ1) is 18.9. The molecule has 1 N–H and O–H groups in total. The van der Waals surface area contributed by atoms with Gasteiger partial charge in [-0.1, -0.05) is 0 Å². The van der Waals surface area contributed by atoms with Crippen LogP contribution in [0.15, 0.2) is 18.6 Å². The predicted molar refractivity (Wildman–Crippen MR) is 109 cm³/mol. The zero-order chi connectivity index (χ0) is 20.9. The molecule has 0 unspecified atom stereocenters. The number of carbonyl (C=O) groups excluding carboxylic acids is 2. The molecule has 156 valence electrons. The monoisotopic (exact) mass is 407 g/mol. The van der Waals surface area contributed by atoms with Gasteiger partial charge in [-0.05, 0) is 31.7 Å². The van der Waals surface area contributed by atoms with Crippen LogP contribution < -0.4 is 4.90 Å². The van der Waals surface area contributed by atoms with Gasteiger partial charge >= 0.3 is 0 Å². The standard InChI is InChI=1S/C21H25N7O2/c1-26(10-2-8-22)18(29)21(6-7-21)19(30)28-12-11-27(13-20(28)4-5-20)17-15-3-9-23-16(15)24-14-25-17/h3,9,14H,2,4-7,10-13H2,1H3,(H,23,24,25). The lowest BCUT2D eigenvalue weighted by Gasteiger charge is -2.44. The summed E-state index contributed by atoms with van der Waals surface area (Å²) in [6, 6.07) is 4.05. The van der Waals surface area contributed by atoms with E-state index in [4.69, 9.17) is 5.26 Å². The maximum absolute atomic E-state index is 13.5. The molecule has 3 fully saturated rings. The Bertz CT molecular complexity index is 1050. The number of nitrogens with one attached hydrogen (secondary N) is 1. The lowest BCUT2D eigenvalue weighted by atomic mass is 9.99. The van der Waals surface area contributed by atoms with Crippen LogP contribution >= 0.6 is 0 Å². The van der Waals surface area contributed by atoms with E-state index < -0.39 is 5.41 Å². The Balaban J connectivity index is 1.34. The average molecular weight is 407 g/mol. The normalized spacial score (nSPS) is 20.8. The minimum absolute atomic E-state index is 0.0251. The second kappa shape index (κ2) is 6.69. The van der Waals surface area contributed by atoms with Crippen molar-refractivity contribution in [3.05, 3.63) is 18.6 Å². The number of hydrogen-bond acceptors (Lipinski definition) is 6. The third kappa shape index (κ3) is 2.82. The minimum atomic E-state index is -0.912. The molecule has 2 aromatic rings. The highest BCUT2D eigenvalue weighted by Gasteiger charge is 2.64. The Morgan fingerprint density at radius 2 is 2.07 bits per heavy atom. The van der Waals surface area contributed by atoms with Crippen LogP contribution in [0, 0.1) is 16.7 Å². The number of aromatic nitrogens is 3. The number of nitrogens with zero attached hydrogens (tertiary/aromatic N) is 6. The Labute approximate surface area is 174 Å². The van der Waals surface area contributed by atoms with Gasteiger partial charge in [-0.15, -0.1) is 0 Å². The van der Waals surface area contributed by atoms with Gasteiger partial charge in [-0.2, -0.15) is 5.26 Å². The lowest BCUT2D eigenvalue weighted by Crippen LogP contribution is -2.60. The number of H-pyrrole nitrogens is 1. The van der Waals surface area contributed by atoms with Crippen LogP contribution in [-0.2, 0) is 9.59 Å². The van der Waals surface area contributed by atoms with Gasteiger partial charge in [0.15, 0.2) is 0 Å². The summed E-state index contributed by atoms with van der Waals surface area (Å²) in [6.45, 7) is 2.36. The average Bonchev–Trinajstić information content (AvgIpc) is 3.68. The molecule has 3 aliphatic rings. The van der Waals surface area contributed by atoms with Crippen LogP contribution in [-0.4, -0.2) is 75.3 Å². The van der Waals surface area contributed by atoms with Gasteiger partial charge in [0, 0.05) is 39.4 Å². The molecule has 30 heavy (non-hydrogen) atoms. The highest BCUT2D eigenvalue weighted by Crippen LogP contribution is 2.53. The van der Waals surface area contributed by atoms with Crippen molar-refractivity contribution in [1.82, 2.24) is 24.8 Å². The molecule has 2 saturated carbocycles. The second-order valence-corrected chi connectivity index (χ2v) is 8.76. The molecule has 1 spiro atoms. The molecular weight excluding hydrogens is 382 g/mol. The maximum atomic E-state index is 13.5. The molecule has 3 heterocycles. The summed E-state index contributed by atoms with van der Waals surface area (Å²) < 4.78 is 0. The van der Waals surface area contributed by atoms with E-state index in [0.29, 0.717) is 32.5 Å². The van der Waals surface area contributed by atoms with Crippen LogP contribution in [0.2, 0.25) is 0 Å². The van der Waals surface area contributed by atoms with Crippen molar-refractivity contribution in [3.63, 3.8) is 0 Å². The van der Waals surface area contributed by atoms with E-state index in [9.17, 15) is 9.59 Å². The summed E-state index contributed by atoms with van der Waals surface area (Å²) in [4.78, 5) is 44.2. The number of carbonyl (C=O) groups is 2. The zero-order valence-corrected chi connectivity index (χ0v) is 17.1. The summed E-state index contributed by atoms with van der Waals surface area (Å²) in [5.41, 5.74) is -0.305. The SMILES string of the molecule is CN(CCC#N)C(=O)C1(C(=O)N2CCN(c3ncnc4[nH]ccc34)CC23CC3)CC1. The molecule has 0 radical (unpaired) electrons. The summed E-state index contributed by atoms with van der Waals surface area (Å²) in [5.74, 6) is 0.738. The quantitative estimate of drug-likeness (QED) is 0.748. The number of piperazine rings is 1. The first-order chi connectivity index (χ1) is 14.5. The highest BCUT2D eigenvalue weighted by molar-refractivity contribution is 6.08. The largest absolute Gasteiger partial charge is 0.352 e. The number of amides is 2. The zero-order valence-electron chi connectivity index (χ0n) is 17.1. The van der Waals surface area contributed by atoms with Gasteiger partial charge in [0.25, 0.3) is 0 Å². The molecule has 2 aromatic heterocycles. The minimum Gasteiger partial charge on any atom is -0.352 e. The number of hydrogen-bond donors (Lipinski definition) is 1. The van der Waals surface area contributed by atoms with Crippen LogP contribution in [0.5, 0.6) is 0 Å². The molecule has 9 nitrogen and oxygen atoms in total. The molecule has 0 aromatic carbocycles. The fourth-order valence-corrected chi connectivity index (χ4v) is 4.75. The third-order valence-electron chi connectivity index (χ3n) is 6.83. The molecular formula is C21H25N7O2. The van der Waals surface area contributed by atoms with Gasteiger partial charge in [-0.3, -0.25) is 9.59 Å². The van der Waals surface area contributed by atoms with Crippen LogP contribution in [0.3, 0.4) is 0 Å². The molecule has 2 aliphatic carbocycles. The van der Waals surface area contributed by atoms with Crippen molar-refractivity contribution < 1.29 is 9.59 Å². The summed E-state index contributed by atoms with van der Waals surface area (Å²) in [6.07, 6.45) is 6.82.